The third-order valence-electron chi connectivity index (χ3n) is 5.01. The molecular weight excluding hydrogens is 387 g/mol. The van der Waals surface area contributed by atoms with Crippen molar-refractivity contribution < 1.29 is 8.81 Å². The lowest BCUT2D eigenvalue weighted by Crippen LogP contribution is -2.10. The number of para-hydroxylation sites is 1. The Morgan fingerprint density at radius 2 is 2.07 bits per heavy atom. The van der Waals surface area contributed by atoms with E-state index in [1.807, 2.05) is 17.7 Å². The van der Waals surface area contributed by atoms with Crippen LogP contribution in [-0.2, 0) is 0 Å². The molecule has 0 aliphatic carbocycles. The SMILES string of the molecule is CCC(c1cn(-c2ccccc2F)nn1)n1cc(-c2cnco2)c2c(N)ncnc21. The Morgan fingerprint density at radius 1 is 1.20 bits per heavy atom. The van der Waals surface area contributed by atoms with Crippen molar-refractivity contribution in [2.24, 2.45) is 0 Å². The standard InChI is InChI=1S/C20H17FN8O/c1-2-15(14-9-29(27-26-14)16-6-4-3-5-13(16)21)28-8-12(17-7-23-11-30-17)18-19(22)24-10-25-20(18)28/h3-11,15H,2H2,1H3,(H2,22,24,25). The van der Waals surface area contributed by atoms with Gasteiger partial charge in [0, 0.05) is 11.8 Å². The van der Waals surface area contributed by atoms with E-state index in [0.29, 0.717) is 40.4 Å². The number of hydrogen-bond acceptors (Lipinski definition) is 7. The van der Waals surface area contributed by atoms with Crippen LogP contribution in [0.1, 0.15) is 25.1 Å². The summed E-state index contributed by atoms with van der Waals surface area (Å²) in [5.41, 5.74) is 8.53. The van der Waals surface area contributed by atoms with Crippen molar-refractivity contribution in [3.05, 3.63) is 67.1 Å². The van der Waals surface area contributed by atoms with Gasteiger partial charge in [0.05, 0.1) is 23.8 Å². The van der Waals surface area contributed by atoms with Gasteiger partial charge in [0.25, 0.3) is 0 Å². The number of halogens is 1. The van der Waals surface area contributed by atoms with Crippen LogP contribution in [0.4, 0.5) is 10.2 Å². The molecular formula is C20H17FN8O. The van der Waals surface area contributed by atoms with Crippen molar-refractivity contribution in [1.29, 1.82) is 0 Å². The van der Waals surface area contributed by atoms with E-state index in [4.69, 9.17) is 10.2 Å². The maximum Gasteiger partial charge on any atom is 0.181 e. The van der Waals surface area contributed by atoms with Crippen LogP contribution in [-0.4, -0.2) is 34.5 Å². The second kappa shape index (κ2) is 7.07. The monoisotopic (exact) mass is 404 g/mol. The molecule has 10 heteroatoms. The van der Waals surface area contributed by atoms with E-state index >= 15 is 0 Å². The van der Waals surface area contributed by atoms with Gasteiger partial charge >= 0.3 is 0 Å². The molecule has 0 saturated heterocycles. The minimum absolute atomic E-state index is 0.209. The second-order valence-electron chi connectivity index (χ2n) is 6.74. The molecule has 0 aliphatic rings. The first-order valence-corrected chi connectivity index (χ1v) is 9.34. The van der Waals surface area contributed by atoms with Crippen molar-refractivity contribution >= 4 is 16.9 Å². The Kier molecular flexibility index (Phi) is 4.24. The zero-order valence-electron chi connectivity index (χ0n) is 16.0. The lowest BCUT2D eigenvalue weighted by molar-refractivity contribution is 0.559. The van der Waals surface area contributed by atoms with Gasteiger partial charge in [-0.3, -0.25) is 0 Å². The predicted molar refractivity (Wildman–Crippen MR) is 107 cm³/mol. The van der Waals surface area contributed by atoms with Gasteiger partial charge in [0.15, 0.2) is 12.2 Å². The van der Waals surface area contributed by atoms with Crippen LogP contribution < -0.4 is 5.73 Å². The highest BCUT2D eigenvalue weighted by Crippen LogP contribution is 2.36. The van der Waals surface area contributed by atoms with E-state index in [1.165, 1.54) is 23.5 Å². The molecule has 5 aromatic rings. The number of nitrogens with zero attached hydrogens (tertiary/aromatic N) is 7. The topological polar surface area (TPSA) is 113 Å². The van der Waals surface area contributed by atoms with Crippen molar-refractivity contribution in [3.63, 3.8) is 0 Å². The smallest absolute Gasteiger partial charge is 0.181 e. The summed E-state index contributed by atoms with van der Waals surface area (Å²) in [5, 5.41) is 9.10. The Labute approximate surface area is 170 Å². The van der Waals surface area contributed by atoms with Crippen LogP contribution in [0.3, 0.4) is 0 Å². The summed E-state index contributed by atoms with van der Waals surface area (Å²) in [5.74, 6) is 0.529. The predicted octanol–water partition coefficient (Wildman–Crippen LogP) is 3.39. The lowest BCUT2D eigenvalue weighted by atomic mass is 10.1. The first-order chi connectivity index (χ1) is 14.7. The molecule has 0 fully saturated rings. The molecule has 9 nitrogen and oxygen atoms in total. The van der Waals surface area contributed by atoms with Gasteiger partial charge in [-0.05, 0) is 18.6 Å². The Bertz CT molecular complexity index is 1320. The summed E-state index contributed by atoms with van der Waals surface area (Å²) in [7, 11) is 0. The summed E-state index contributed by atoms with van der Waals surface area (Å²) >= 11 is 0. The Morgan fingerprint density at radius 3 is 2.83 bits per heavy atom. The molecule has 0 amide bonds. The molecule has 30 heavy (non-hydrogen) atoms. The van der Waals surface area contributed by atoms with E-state index in [1.54, 1.807) is 30.6 Å². The number of nitrogens with two attached hydrogens (primary N) is 1. The van der Waals surface area contributed by atoms with E-state index in [9.17, 15) is 4.39 Å². The Balaban J connectivity index is 1.65. The highest BCUT2D eigenvalue weighted by atomic mass is 19.1. The van der Waals surface area contributed by atoms with Gasteiger partial charge in [0.2, 0.25) is 0 Å². The summed E-state index contributed by atoms with van der Waals surface area (Å²) in [6, 6.07) is 6.21. The molecule has 2 N–H and O–H groups in total. The molecule has 1 aromatic carbocycles. The fourth-order valence-electron chi connectivity index (χ4n) is 3.61. The largest absolute Gasteiger partial charge is 0.443 e. The highest BCUT2D eigenvalue weighted by Gasteiger charge is 2.24. The van der Waals surface area contributed by atoms with E-state index < -0.39 is 0 Å². The molecule has 0 spiro atoms. The number of rotatable bonds is 5. The maximum absolute atomic E-state index is 14.2. The minimum Gasteiger partial charge on any atom is -0.443 e. The molecule has 0 aliphatic heterocycles. The number of anilines is 1. The molecule has 5 rings (SSSR count). The van der Waals surface area contributed by atoms with Gasteiger partial charge in [-0.15, -0.1) is 5.10 Å². The number of oxazole rings is 1. The first kappa shape index (κ1) is 18.0. The summed E-state index contributed by atoms with van der Waals surface area (Å²) in [4.78, 5) is 12.6. The fraction of sp³-hybridized carbons (Fsp3) is 0.150. The van der Waals surface area contributed by atoms with Gasteiger partial charge in [-0.2, -0.15) is 0 Å². The zero-order chi connectivity index (χ0) is 20.7. The fourth-order valence-corrected chi connectivity index (χ4v) is 3.61. The van der Waals surface area contributed by atoms with Gasteiger partial charge in [0.1, 0.15) is 35.0 Å². The lowest BCUT2D eigenvalue weighted by Gasteiger charge is -2.15. The average molecular weight is 404 g/mol. The van der Waals surface area contributed by atoms with Crippen LogP contribution in [0, 0.1) is 5.82 Å². The van der Waals surface area contributed by atoms with Crippen molar-refractivity contribution in [3.8, 4) is 17.0 Å². The quantitative estimate of drug-likeness (QED) is 0.478. The summed E-state index contributed by atoms with van der Waals surface area (Å²) < 4.78 is 23.0. The Hall–Kier alpha value is -4.08. The van der Waals surface area contributed by atoms with Gasteiger partial charge in [-0.25, -0.2) is 24.0 Å². The highest BCUT2D eigenvalue weighted by molar-refractivity contribution is 5.99. The first-order valence-electron chi connectivity index (χ1n) is 9.34. The molecule has 4 heterocycles. The van der Waals surface area contributed by atoms with Crippen molar-refractivity contribution in [1.82, 2.24) is 34.5 Å². The molecule has 4 aromatic heterocycles. The van der Waals surface area contributed by atoms with Gasteiger partial charge in [-0.1, -0.05) is 24.3 Å². The molecule has 1 atom stereocenters. The summed E-state index contributed by atoms with van der Waals surface area (Å²) in [6.45, 7) is 2.03. The molecule has 1 unspecified atom stereocenters. The zero-order valence-corrected chi connectivity index (χ0v) is 16.0. The average Bonchev–Trinajstić information content (AvgIpc) is 3.50. The van der Waals surface area contributed by atoms with Crippen LogP contribution in [0.2, 0.25) is 0 Å². The number of aromatic nitrogens is 7. The molecule has 0 radical (unpaired) electrons. The number of fused-ring (bicyclic) bond motifs is 1. The van der Waals surface area contributed by atoms with Crippen LogP contribution in [0.5, 0.6) is 0 Å². The maximum atomic E-state index is 14.2. The molecule has 0 saturated carbocycles. The molecule has 0 bridgehead atoms. The third-order valence-corrected chi connectivity index (χ3v) is 5.01. The third kappa shape index (κ3) is 2.81. The van der Waals surface area contributed by atoms with Crippen LogP contribution in [0.25, 0.3) is 28.0 Å². The van der Waals surface area contributed by atoms with E-state index in [-0.39, 0.29) is 11.9 Å². The van der Waals surface area contributed by atoms with Crippen LogP contribution in [0.15, 0.2) is 60.0 Å². The minimum atomic E-state index is -0.374. The van der Waals surface area contributed by atoms with Crippen molar-refractivity contribution in [2.45, 2.75) is 19.4 Å². The van der Waals surface area contributed by atoms with E-state index in [0.717, 1.165) is 5.56 Å². The molecule has 150 valence electrons. The second-order valence-corrected chi connectivity index (χ2v) is 6.74. The normalized spacial score (nSPS) is 12.5. The number of benzene rings is 1. The van der Waals surface area contributed by atoms with E-state index in [2.05, 4.69) is 25.3 Å². The number of hydrogen-bond donors (Lipinski definition) is 1. The van der Waals surface area contributed by atoms with Crippen molar-refractivity contribution in [2.75, 3.05) is 5.73 Å². The summed E-state index contributed by atoms with van der Waals surface area (Å²) in [6.07, 6.45) is 8.70. The number of nitrogen functional groups attached to an aromatic ring is 1. The van der Waals surface area contributed by atoms with Crippen LogP contribution >= 0.6 is 0 Å². The van der Waals surface area contributed by atoms with Gasteiger partial charge < -0.3 is 14.7 Å².